The number of halogens is 1. The molecule has 0 radical (unpaired) electrons. The summed E-state index contributed by atoms with van der Waals surface area (Å²) < 4.78 is 0.961. The zero-order chi connectivity index (χ0) is 15.6. The summed E-state index contributed by atoms with van der Waals surface area (Å²) in [5.74, 6) is 0.574. The van der Waals surface area contributed by atoms with Gasteiger partial charge in [-0.25, -0.2) is 4.98 Å². The predicted molar refractivity (Wildman–Crippen MR) is 85.1 cm³/mol. The van der Waals surface area contributed by atoms with Crippen LogP contribution in [0.1, 0.15) is 55.7 Å². The Kier molecular flexibility index (Phi) is 4.46. The van der Waals surface area contributed by atoms with E-state index >= 15 is 0 Å². The van der Waals surface area contributed by atoms with Crippen molar-refractivity contribution in [2.24, 2.45) is 0 Å². The first-order chi connectivity index (χ1) is 9.79. The molecule has 2 aromatic rings. The summed E-state index contributed by atoms with van der Waals surface area (Å²) >= 11 is 3.48. The van der Waals surface area contributed by atoms with Gasteiger partial charge in [-0.2, -0.15) is 0 Å². The van der Waals surface area contributed by atoms with Gasteiger partial charge >= 0.3 is 0 Å². The molecule has 0 fully saturated rings. The summed E-state index contributed by atoms with van der Waals surface area (Å²) in [6.07, 6.45) is 0. The molecule has 0 bridgehead atoms. The number of nitrogens with one attached hydrogen (secondary N) is 2. The van der Waals surface area contributed by atoms with E-state index in [2.05, 4.69) is 36.4 Å². The molecule has 1 atom stereocenters. The van der Waals surface area contributed by atoms with Crippen LogP contribution in [0.4, 0.5) is 0 Å². The molecule has 112 valence electrons. The molecular formula is C15H19BrN4O. The number of benzene rings is 1. The summed E-state index contributed by atoms with van der Waals surface area (Å²) in [5, 5.41) is 9.72. The van der Waals surface area contributed by atoms with Crippen LogP contribution in [0.3, 0.4) is 0 Å². The summed E-state index contributed by atoms with van der Waals surface area (Å²) in [5.41, 5.74) is 0.844. The third-order valence-electron chi connectivity index (χ3n) is 3.12. The van der Waals surface area contributed by atoms with Gasteiger partial charge in [0.25, 0.3) is 5.91 Å². The normalized spacial score (nSPS) is 13.0. The minimum absolute atomic E-state index is 0.135. The average molecular weight is 351 g/mol. The van der Waals surface area contributed by atoms with Crippen LogP contribution < -0.4 is 5.32 Å². The molecule has 6 heteroatoms. The van der Waals surface area contributed by atoms with Crippen molar-refractivity contribution >= 4 is 21.8 Å². The topological polar surface area (TPSA) is 70.7 Å². The fourth-order valence-corrected chi connectivity index (χ4v) is 2.49. The van der Waals surface area contributed by atoms with E-state index in [-0.39, 0.29) is 23.2 Å². The van der Waals surface area contributed by atoms with Crippen molar-refractivity contribution in [2.75, 3.05) is 0 Å². The quantitative estimate of drug-likeness (QED) is 0.891. The molecule has 2 N–H and O–H groups in total. The van der Waals surface area contributed by atoms with E-state index in [4.69, 9.17) is 0 Å². The second-order valence-corrected chi connectivity index (χ2v) is 6.83. The number of aromatic amines is 1. The van der Waals surface area contributed by atoms with E-state index in [9.17, 15) is 4.79 Å². The van der Waals surface area contributed by atoms with E-state index < -0.39 is 0 Å². The van der Waals surface area contributed by atoms with E-state index in [1.807, 2.05) is 52.0 Å². The van der Waals surface area contributed by atoms with Crippen LogP contribution in [0.5, 0.6) is 0 Å². The lowest BCUT2D eigenvalue weighted by atomic mass is 9.96. The maximum atomic E-state index is 12.2. The first-order valence-electron chi connectivity index (χ1n) is 6.77. The number of carbonyl (C=O) groups excluding carboxylic acids is 1. The highest BCUT2D eigenvalue weighted by Crippen LogP contribution is 2.23. The van der Waals surface area contributed by atoms with Gasteiger partial charge < -0.3 is 5.32 Å². The van der Waals surface area contributed by atoms with Crippen LogP contribution in [0.15, 0.2) is 28.7 Å². The fraction of sp³-hybridized carbons (Fsp3) is 0.400. The number of rotatable bonds is 3. The Morgan fingerprint density at radius 3 is 2.57 bits per heavy atom. The summed E-state index contributed by atoms with van der Waals surface area (Å²) in [6.45, 7) is 7.96. The fourth-order valence-electron chi connectivity index (χ4n) is 1.86. The van der Waals surface area contributed by atoms with Gasteiger partial charge in [0.05, 0.1) is 6.04 Å². The Hall–Kier alpha value is -1.69. The van der Waals surface area contributed by atoms with Gasteiger partial charge in [0.1, 0.15) is 5.82 Å². The summed E-state index contributed by atoms with van der Waals surface area (Å²) in [4.78, 5) is 16.5. The number of amides is 1. The number of hydrogen-bond donors (Lipinski definition) is 2. The first kappa shape index (κ1) is 15.7. The third kappa shape index (κ3) is 3.69. The molecule has 21 heavy (non-hydrogen) atoms. The number of hydrogen-bond acceptors (Lipinski definition) is 3. The van der Waals surface area contributed by atoms with E-state index in [0.717, 1.165) is 10.0 Å². The zero-order valence-corrected chi connectivity index (χ0v) is 14.2. The molecule has 0 aliphatic heterocycles. The number of H-pyrrole nitrogens is 1. The van der Waals surface area contributed by atoms with Crippen LogP contribution in [0.2, 0.25) is 0 Å². The van der Waals surface area contributed by atoms with Gasteiger partial charge in [-0.15, -0.1) is 5.10 Å². The smallest absolute Gasteiger partial charge is 0.291 e. The SMILES string of the molecule is CC(NC(=O)c1n[nH]c(C(C)(C)C)n1)c1ccccc1Br. The minimum Gasteiger partial charge on any atom is -0.343 e. The zero-order valence-electron chi connectivity index (χ0n) is 12.6. The van der Waals surface area contributed by atoms with E-state index in [1.54, 1.807) is 0 Å². The van der Waals surface area contributed by atoms with Crippen molar-refractivity contribution in [3.63, 3.8) is 0 Å². The summed E-state index contributed by atoms with van der Waals surface area (Å²) in [6, 6.07) is 7.65. The second-order valence-electron chi connectivity index (χ2n) is 5.97. The highest BCUT2D eigenvalue weighted by molar-refractivity contribution is 9.10. The predicted octanol–water partition coefficient (Wildman–Crippen LogP) is 3.36. The first-order valence-corrected chi connectivity index (χ1v) is 7.56. The summed E-state index contributed by atoms with van der Waals surface area (Å²) in [7, 11) is 0. The van der Waals surface area contributed by atoms with Gasteiger partial charge in [0, 0.05) is 9.89 Å². The molecule has 1 aromatic carbocycles. The van der Waals surface area contributed by atoms with Crippen LogP contribution >= 0.6 is 15.9 Å². The highest BCUT2D eigenvalue weighted by atomic mass is 79.9. The molecule has 5 nitrogen and oxygen atoms in total. The van der Waals surface area contributed by atoms with Gasteiger partial charge in [0.15, 0.2) is 0 Å². The van der Waals surface area contributed by atoms with Crippen molar-refractivity contribution < 1.29 is 4.79 Å². The molecular weight excluding hydrogens is 332 g/mol. The standard InChI is InChI=1S/C15H19BrN4O/c1-9(10-7-5-6-8-11(10)16)17-13(21)12-18-14(20-19-12)15(2,3)4/h5-9H,1-4H3,(H,17,21)(H,18,19,20). The second kappa shape index (κ2) is 5.97. The molecule has 1 amide bonds. The molecule has 1 unspecified atom stereocenters. The Morgan fingerprint density at radius 1 is 1.33 bits per heavy atom. The molecule has 0 aliphatic rings. The lowest BCUT2D eigenvalue weighted by molar-refractivity contribution is 0.0929. The molecule has 0 saturated carbocycles. The monoisotopic (exact) mass is 350 g/mol. The van der Waals surface area contributed by atoms with Crippen LogP contribution in [0.25, 0.3) is 0 Å². The maximum absolute atomic E-state index is 12.2. The molecule has 0 spiro atoms. The Bertz CT molecular complexity index is 645. The Balaban J connectivity index is 2.11. The van der Waals surface area contributed by atoms with Gasteiger partial charge in [0.2, 0.25) is 5.82 Å². The van der Waals surface area contributed by atoms with Crippen LogP contribution in [-0.2, 0) is 5.41 Å². The average Bonchev–Trinajstić information content (AvgIpc) is 2.88. The van der Waals surface area contributed by atoms with E-state index in [1.165, 1.54) is 0 Å². The van der Waals surface area contributed by atoms with Gasteiger partial charge in [-0.1, -0.05) is 54.9 Å². The van der Waals surface area contributed by atoms with Crippen molar-refractivity contribution in [2.45, 2.75) is 39.2 Å². The molecule has 0 saturated heterocycles. The molecule has 1 heterocycles. The van der Waals surface area contributed by atoms with Gasteiger partial charge in [-0.05, 0) is 18.6 Å². The Labute approximate surface area is 132 Å². The van der Waals surface area contributed by atoms with Gasteiger partial charge in [-0.3, -0.25) is 9.89 Å². The third-order valence-corrected chi connectivity index (χ3v) is 3.84. The molecule has 2 rings (SSSR count). The van der Waals surface area contributed by atoms with Crippen molar-refractivity contribution in [1.82, 2.24) is 20.5 Å². The molecule has 0 aliphatic carbocycles. The maximum Gasteiger partial charge on any atom is 0.291 e. The van der Waals surface area contributed by atoms with Crippen LogP contribution in [-0.4, -0.2) is 21.1 Å². The van der Waals surface area contributed by atoms with Crippen molar-refractivity contribution in [3.8, 4) is 0 Å². The van der Waals surface area contributed by atoms with Crippen LogP contribution in [0, 0.1) is 0 Å². The lowest BCUT2D eigenvalue weighted by Gasteiger charge is -2.15. The van der Waals surface area contributed by atoms with E-state index in [0.29, 0.717) is 5.82 Å². The molecule has 1 aromatic heterocycles. The number of nitrogens with zero attached hydrogens (tertiary/aromatic N) is 2. The number of carbonyl (C=O) groups is 1. The lowest BCUT2D eigenvalue weighted by Crippen LogP contribution is -2.28. The van der Waals surface area contributed by atoms with Crippen molar-refractivity contribution in [1.29, 1.82) is 0 Å². The Morgan fingerprint density at radius 2 is 2.00 bits per heavy atom. The minimum atomic E-state index is -0.287. The largest absolute Gasteiger partial charge is 0.343 e. The van der Waals surface area contributed by atoms with Crippen molar-refractivity contribution in [3.05, 3.63) is 46.0 Å². The highest BCUT2D eigenvalue weighted by Gasteiger charge is 2.22. The number of aromatic nitrogens is 3.